The van der Waals surface area contributed by atoms with Crippen molar-refractivity contribution in [1.29, 1.82) is 0 Å². The van der Waals surface area contributed by atoms with Gasteiger partial charge in [-0.25, -0.2) is 0 Å². The Morgan fingerprint density at radius 2 is 1.91 bits per heavy atom. The summed E-state index contributed by atoms with van der Waals surface area (Å²) in [6.07, 6.45) is 0.619. The van der Waals surface area contributed by atoms with E-state index in [0.29, 0.717) is 6.42 Å². The van der Waals surface area contributed by atoms with Crippen molar-refractivity contribution in [2.75, 3.05) is 14.2 Å². The van der Waals surface area contributed by atoms with Gasteiger partial charge in [-0.1, -0.05) is 0 Å². The van der Waals surface area contributed by atoms with E-state index in [1.165, 1.54) is 0 Å². The van der Waals surface area contributed by atoms with E-state index in [9.17, 15) is 0 Å². The molecule has 0 aromatic heterocycles. The third-order valence-corrected chi connectivity index (χ3v) is 4.90. The molecule has 0 heterocycles. The number of aliphatic hydroxyl groups is 1. The van der Waals surface area contributed by atoms with Crippen molar-refractivity contribution in [3.05, 3.63) is 0 Å². The van der Waals surface area contributed by atoms with Crippen LogP contribution in [0.25, 0.3) is 0 Å². The Hall–Kier alpha value is 0.447. The lowest BCUT2D eigenvalue weighted by molar-refractivity contribution is 0.228. The minimum absolute atomic E-state index is 0.563. The van der Waals surface area contributed by atoms with Gasteiger partial charge in [0.2, 0.25) is 0 Å². The summed E-state index contributed by atoms with van der Waals surface area (Å²) in [6, 6.07) is 0.769. The van der Waals surface area contributed by atoms with Crippen LogP contribution < -0.4 is 0 Å². The second kappa shape index (κ2) is 5.16. The van der Waals surface area contributed by atoms with Crippen LogP contribution in [0.4, 0.5) is 0 Å². The van der Waals surface area contributed by atoms with Crippen molar-refractivity contribution in [3.63, 3.8) is 0 Å². The summed E-state index contributed by atoms with van der Waals surface area (Å²) in [5, 5.41) is 8.88. The molecule has 0 aliphatic heterocycles. The van der Waals surface area contributed by atoms with Crippen LogP contribution in [0.5, 0.6) is 0 Å². The monoisotopic (exact) mass is 196 g/mol. The van der Waals surface area contributed by atoms with Gasteiger partial charge < -0.3 is 14.0 Å². The van der Waals surface area contributed by atoms with Crippen LogP contribution in [0.3, 0.4) is 0 Å². The van der Waals surface area contributed by atoms with Gasteiger partial charge in [0.1, 0.15) is 0 Å². The molecule has 0 aromatic rings. The average molecular weight is 196 g/mol. The lowest BCUT2D eigenvalue weighted by Gasteiger charge is -2.22. The first-order chi connectivity index (χ1) is 5.04. The van der Waals surface area contributed by atoms with Crippen molar-refractivity contribution in [2.45, 2.75) is 24.4 Å². The van der Waals surface area contributed by atoms with Crippen molar-refractivity contribution in [2.24, 2.45) is 0 Å². The zero-order valence-electron chi connectivity index (χ0n) is 7.20. The molecule has 0 aromatic carbocycles. The van der Waals surface area contributed by atoms with Crippen LogP contribution in [-0.4, -0.2) is 33.3 Å². The molecule has 3 nitrogen and oxygen atoms in total. The molecule has 68 valence electrons. The van der Waals surface area contributed by atoms with Crippen LogP contribution in [0.1, 0.15) is 6.42 Å². The van der Waals surface area contributed by atoms with E-state index < -0.39 is 14.0 Å². The molecule has 1 N–H and O–H groups in total. The lowest BCUT2D eigenvalue weighted by Crippen LogP contribution is -2.36. The van der Waals surface area contributed by atoms with Gasteiger partial charge in [-0.2, -0.15) is 0 Å². The molecule has 0 aliphatic rings. The molecule has 0 fully saturated rings. The van der Waals surface area contributed by atoms with E-state index in [1.54, 1.807) is 14.2 Å². The maximum Gasteiger partial charge on any atom is 0.334 e. The highest BCUT2D eigenvalue weighted by Crippen LogP contribution is 2.15. The van der Waals surface area contributed by atoms with E-state index in [0.717, 1.165) is 6.04 Å². The Labute approximate surface area is 74.4 Å². The molecule has 5 heteroatoms. The van der Waals surface area contributed by atoms with Gasteiger partial charge in [-0.3, -0.25) is 0 Å². The van der Waals surface area contributed by atoms with Crippen molar-refractivity contribution >= 4 is 21.2 Å². The minimum Gasteiger partial charge on any atom is -0.398 e. The summed E-state index contributed by atoms with van der Waals surface area (Å²) < 4.78 is 10.4. The molecule has 0 saturated heterocycles. The third kappa shape index (κ3) is 4.81. The predicted octanol–water partition coefficient (Wildman–Crippen LogP) is 0.989. The van der Waals surface area contributed by atoms with Gasteiger partial charge >= 0.3 is 8.56 Å². The fourth-order valence-electron chi connectivity index (χ4n) is 0.679. The number of hydrogen-bond donors (Lipinski definition) is 2. The highest BCUT2D eigenvalue weighted by Gasteiger charge is 2.28. The first kappa shape index (κ1) is 11.4. The smallest absolute Gasteiger partial charge is 0.334 e. The molecule has 11 heavy (non-hydrogen) atoms. The van der Waals surface area contributed by atoms with Crippen LogP contribution >= 0.6 is 12.6 Å². The Bertz CT molecular complexity index is 106. The second-order valence-electron chi connectivity index (χ2n) is 2.56. The third-order valence-electron chi connectivity index (χ3n) is 1.72. The van der Waals surface area contributed by atoms with Gasteiger partial charge in [0.05, 0.1) is 5.44 Å². The predicted molar refractivity (Wildman–Crippen MR) is 50.1 cm³/mol. The summed E-state index contributed by atoms with van der Waals surface area (Å²) in [7, 11) is 1.31. The SMILES string of the molecule is CO[Si](C)(CCC(O)S)OC. The van der Waals surface area contributed by atoms with Crippen LogP contribution in [0.15, 0.2) is 0 Å². The Morgan fingerprint density at radius 3 is 2.18 bits per heavy atom. The quantitative estimate of drug-likeness (QED) is 0.391. The molecule has 0 radical (unpaired) electrons. The molecule has 1 unspecified atom stereocenters. The van der Waals surface area contributed by atoms with Gasteiger partial charge in [0, 0.05) is 14.2 Å². The largest absolute Gasteiger partial charge is 0.398 e. The maximum atomic E-state index is 8.88. The summed E-state index contributed by atoms with van der Waals surface area (Å²) in [6.45, 7) is 1.96. The van der Waals surface area contributed by atoms with E-state index in [2.05, 4.69) is 12.6 Å². The van der Waals surface area contributed by atoms with Gasteiger partial charge in [0.15, 0.2) is 0 Å². The highest BCUT2D eigenvalue weighted by atomic mass is 32.1. The van der Waals surface area contributed by atoms with E-state index in [4.69, 9.17) is 14.0 Å². The average Bonchev–Trinajstić information content (AvgIpc) is 2.00. The van der Waals surface area contributed by atoms with Crippen molar-refractivity contribution in [3.8, 4) is 0 Å². The molecular weight excluding hydrogens is 180 g/mol. The summed E-state index contributed by atoms with van der Waals surface area (Å²) >= 11 is 3.85. The summed E-state index contributed by atoms with van der Waals surface area (Å²) in [5.41, 5.74) is -0.563. The van der Waals surface area contributed by atoms with Crippen molar-refractivity contribution < 1.29 is 14.0 Å². The van der Waals surface area contributed by atoms with Gasteiger partial charge in [-0.05, 0) is 19.0 Å². The van der Waals surface area contributed by atoms with Crippen LogP contribution in [0.2, 0.25) is 12.6 Å². The molecule has 0 rings (SSSR count). The highest BCUT2D eigenvalue weighted by molar-refractivity contribution is 7.80. The van der Waals surface area contributed by atoms with Crippen molar-refractivity contribution in [1.82, 2.24) is 0 Å². The Morgan fingerprint density at radius 1 is 1.45 bits per heavy atom. The molecular formula is C6H16O3SSi. The topological polar surface area (TPSA) is 38.7 Å². The molecule has 0 spiro atoms. The van der Waals surface area contributed by atoms with E-state index in [-0.39, 0.29) is 0 Å². The zero-order valence-corrected chi connectivity index (χ0v) is 9.10. The summed E-state index contributed by atoms with van der Waals surface area (Å²) in [4.78, 5) is 0. The van der Waals surface area contributed by atoms with E-state index >= 15 is 0 Å². The number of thiol groups is 1. The molecule has 0 saturated carbocycles. The minimum atomic E-state index is -1.97. The Kier molecular flexibility index (Phi) is 5.37. The first-order valence-corrected chi connectivity index (χ1v) is 6.54. The Balaban J connectivity index is 3.69. The fourth-order valence-corrected chi connectivity index (χ4v) is 2.42. The standard InChI is InChI=1S/C6H16O3SSi/c1-8-11(3,9-2)5-4-6(7)10/h6-7,10H,4-5H2,1-3H3. The molecule has 1 atom stereocenters. The lowest BCUT2D eigenvalue weighted by atomic mass is 10.5. The fraction of sp³-hybridized carbons (Fsp3) is 1.00. The number of rotatable bonds is 5. The van der Waals surface area contributed by atoms with Gasteiger partial charge in [-0.15, -0.1) is 12.6 Å². The normalized spacial score (nSPS) is 15.0. The maximum absolute atomic E-state index is 8.88. The molecule has 0 aliphatic carbocycles. The van der Waals surface area contributed by atoms with Crippen LogP contribution in [0, 0.1) is 0 Å². The van der Waals surface area contributed by atoms with Crippen LogP contribution in [-0.2, 0) is 8.85 Å². The number of hydrogen-bond acceptors (Lipinski definition) is 4. The summed E-state index contributed by atoms with van der Waals surface area (Å²) in [5.74, 6) is 0. The zero-order chi connectivity index (χ0) is 8.91. The number of aliphatic hydroxyl groups excluding tert-OH is 1. The molecule has 0 bridgehead atoms. The van der Waals surface area contributed by atoms with E-state index in [1.807, 2.05) is 6.55 Å². The second-order valence-corrected chi connectivity index (χ2v) is 6.74. The first-order valence-electron chi connectivity index (χ1n) is 3.50. The molecule has 0 amide bonds. The van der Waals surface area contributed by atoms with Gasteiger partial charge in [0.25, 0.3) is 0 Å².